The van der Waals surface area contributed by atoms with E-state index in [1.165, 1.54) is 0 Å². The second-order valence-electron chi connectivity index (χ2n) is 4.62. The lowest BCUT2D eigenvalue weighted by molar-refractivity contribution is 0.0953. The molecule has 1 aromatic heterocycles. The zero-order chi connectivity index (χ0) is 13.4. The van der Waals surface area contributed by atoms with Gasteiger partial charge < -0.3 is 4.57 Å². The summed E-state index contributed by atoms with van der Waals surface area (Å²) in [6.45, 7) is 0.725. The fourth-order valence-corrected chi connectivity index (χ4v) is 2.55. The van der Waals surface area contributed by atoms with Crippen LogP contribution in [0.25, 0.3) is 0 Å². The molecule has 0 saturated carbocycles. The fourth-order valence-electron chi connectivity index (χ4n) is 2.43. The number of hydrogen-bond donors (Lipinski definition) is 0. The quantitative estimate of drug-likeness (QED) is 0.787. The number of benzene rings is 1. The first kappa shape index (κ1) is 12.2. The lowest BCUT2D eigenvalue weighted by Crippen LogP contribution is -2.20. The predicted octanol–water partition coefficient (Wildman–Crippen LogP) is 3.35. The summed E-state index contributed by atoms with van der Waals surface area (Å²) in [4.78, 5) is 24.2. The number of rotatable bonds is 2. The largest absolute Gasteiger partial charge is 0.335 e. The number of hydrogen-bond acceptors (Lipinski definition) is 2. The molecule has 0 saturated heterocycles. The van der Waals surface area contributed by atoms with Gasteiger partial charge in [0, 0.05) is 23.6 Å². The molecule has 0 radical (unpaired) electrons. The third kappa shape index (κ3) is 2.10. The molecule has 0 aliphatic carbocycles. The van der Waals surface area contributed by atoms with Crippen molar-refractivity contribution in [3.05, 3.63) is 58.4 Å². The Kier molecular flexibility index (Phi) is 2.99. The molecule has 19 heavy (non-hydrogen) atoms. The molecule has 2 aromatic rings. The number of ketones is 2. The topological polar surface area (TPSA) is 39.1 Å². The summed E-state index contributed by atoms with van der Waals surface area (Å²) in [6, 6.07) is 10.3. The monoisotopic (exact) mass is 273 g/mol. The minimum Gasteiger partial charge on any atom is -0.335 e. The summed E-state index contributed by atoms with van der Waals surface area (Å²) >= 11 is 5.81. The summed E-state index contributed by atoms with van der Waals surface area (Å²) in [5.74, 6) is 0.0408. The Morgan fingerprint density at radius 1 is 1.11 bits per heavy atom. The first-order chi connectivity index (χ1) is 9.16. The van der Waals surface area contributed by atoms with Crippen molar-refractivity contribution in [2.75, 3.05) is 0 Å². The minimum atomic E-state index is -0.0717. The van der Waals surface area contributed by atoms with E-state index in [0.717, 1.165) is 13.0 Å². The summed E-state index contributed by atoms with van der Waals surface area (Å²) in [5.41, 5.74) is 1.80. The number of fused-ring (bicyclic) bond motifs is 1. The van der Waals surface area contributed by atoms with Crippen LogP contribution < -0.4 is 0 Å². The molecule has 0 fully saturated rings. The highest BCUT2D eigenvalue weighted by molar-refractivity contribution is 6.30. The molecular formula is C15H12ClNO2. The third-order valence-electron chi connectivity index (χ3n) is 3.39. The van der Waals surface area contributed by atoms with Gasteiger partial charge in [-0.1, -0.05) is 11.6 Å². The average molecular weight is 274 g/mol. The summed E-state index contributed by atoms with van der Waals surface area (Å²) in [5, 5.41) is 0.601. The van der Waals surface area contributed by atoms with Crippen LogP contribution in [-0.4, -0.2) is 16.1 Å². The number of carbonyl (C=O) groups excluding carboxylic acids is 2. The van der Waals surface area contributed by atoms with Gasteiger partial charge in [0.15, 0.2) is 5.78 Å². The molecule has 2 heterocycles. The minimum absolute atomic E-state index is 0.0717. The van der Waals surface area contributed by atoms with Crippen LogP contribution in [0.5, 0.6) is 0 Å². The van der Waals surface area contributed by atoms with Gasteiger partial charge in [0.1, 0.15) is 0 Å². The van der Waals surface area contributed by atoms with Crippen molar-refractivity contribution >= 4 is 23.2 Å². The summed E-state index contributed by atoms with van der Waals surface area (Å²) in [7, 11) is 0. The molecule has 96 valence electrons. The molecule has 0 spiro atoms. The van der Waals surface area contributed by atoms with Gasteiger partial charge in [0.05, 0.1) is 11.4 Å². The van der Waals surface area contributed by atoms with Crippen molar-refractivity contribution in [3.8, 4) is 0 Å². The van der Waals surface area contributed by atoms with Crippen LogP contribution in [0, 0.1) is 0 Å². The van der Waals surface area contributed by atoms with E-state index in [1.54, 1.807) is 36.4 Å². The number of nitrogens with zero attached hydrogens (tertiary/aromatic N) is 1. The van der Waals surface area contributed by atoms with Crippen LogP contribution in [0.3, 0.4) is 0 Å². The fraction of sp³-hybridized carbons (Fsp3) is 0.200. The maximum Gasteiger partial charge on any atom is 0.209 e. The lowest BCUT2D eigenvalue weighted by Gasteiger charge is -2.16. The van der Waals surface area contributed by atoms with E-state index in [0.29, 0.717) is 28.4 Å². The van der Waals surface area contributed by atoms with E-state index in [-0.39, 0.29) is 11.6 Å². The number of carbonyl (C=O) groups is 2. The molecule has 1 aliphatic heterocycles. The molecule has 0 N–H and O–H groups in total. The van der Waals surface area contributed by atoms with Crippen molar-refractivity contribution in [3.63, 3.8) is 0 Å². The van der Waals surface area contributed by atoms with Gasteiger partial charge in [-0.3, -0.25) is 9.59 Å². The van der Waals surface area contributed by atoms with E-state index >= 15 is 0 Å². The second-order valence-corrected chi connectivity index (χ2v) is 5.05. The molecule has 1 aromatic carbocycles. The Morgan fingerprint density at radius 3 is 2.58 bits per heavy atom. The third-order valence-corrected chi connectivity index (χ3v) is 3.64. The number of Topliss-reactive ketones (excluding diaryl/α,β-unsaturated/α-hetero) is 1. The van der Waals surface area contributed by atoms with Gasteiger partial charge in [-0.25, -0.2) is 0 Å². The Balaban J connectivity index is 2.01. The highest BCUT2D eigenvalue weighted by Gasteiger charge is 2.23. The van der Waals surface area contributed by atoms with E-state index in [1.807, 2.05) is 4.57 Å². The molecule has 0 amide bonds. The smallest absolute Gasteiger partial charge is 0.209 e. The van der Waals surface area contributed by atoms with Crippen molar-refractivity contribution in [2.45, 2.75) is 19.4 Å². The molecule has 0 atom stereocenters. The van der Waals surface area contributed by atoms with Crippen molar-refractivity contribution in [1.29, 1.82) is 0 Å². The standard InChI is InChI=1S/C15H12ClNO2/c16-11-5-3-10(4-6-11)15(19)13-8-7-12-14(18)2-1-9-17(12)13/h3-8H,1-2,9H2. The van der Waals surface area contributed by atoms with Gasteiger partial charge in [-0.05, 0) is 42.8 Å². The molecule has 4 heteroatoms. The normalized spacial score (nSPS) is 14.3. The van der Waals surface area contributed by atoms with Gasteiger partial charge >= 0.3 is 0 Å². The van der Waals surface area contributed by atoms with Crippen molar-refractivity contribution < 1.29 is 9.59 Å². The summed E-state index contributed by atoms with van der Waals surface area (Å²) in [6.07, 6.45) is 1.36. The van der Waals surface area contributed by atoms with Gasteiger partial charge in [0.2, 0.25) is 5.78 Å². The Hall–Kier alpha value is -1.87. The van der Waals surface area contributed by atoms with E-state index in [4.69, 9.17) is 11.6 Å². The summed E-state index contributed by atoms with van der Waals surface area (Å²) < 4.78 is 1.82. The number of halogens is 1. The van der Waals surface area contributed by atoms with Gasteiger partial charge in [-0.2, -0.15) is 0 Å². The molecule has 3 nitrogen and oxygen atoms in total. The molecule has 0 unspecified atom stereocenters. The first-order valence-corrected chi connectivity index (χ1v) is 6.57. The molecular weight excluding hydrogens is 262 g/mol. The van der Waals surface area contributed by atoms with Crippen molar-refractivity contribution in [1.82, 2.24) is 4.57 Å². The molecule has 0 bridgehead atoms. The highest BCUT2D eigenvalue weighted by Crippen LogP contribution is 2.21. The average Bonchev–Trinajstić information content (AvgIpc) is 2.84. The highest BCUT2D eigenvalue weighted by atomic mass is 35.5. The SMILES string of the molecule is O=C1CCCn2c1ccc2C(=O)c1ccc(Cl)cc1. The van der Waals surface area contributed by atoms with Crippen LogP contribution in [0.15, 0.2) is 36.4 Å². The van der Waals surface area contributed by atoms with E-state index in [2.05, 4.69) is 0 Å². The zero-order valence-corrected chi connectivity index (χ0v) is 11.0. The van der Waals surface area contributed by atoms with Crippen LogP contribution in [0.1, 0.15) is 39.4 Å². The predicted molar refractivity (Wildman–Crippen MR) is 72.9 cm³/mol. The maximum absolute atomic E-state index is 12.4. The van der Waals surface area contributed by atoms with Crippen LogP contribution in [-0.2, 0) is 6.54 Å². The lowest BCUT2D eigenvalue weighted by atomic mass is 10.1. The van der Waals surface area contributed by atoms with Gasteiger partial charge in [0.25, 0.3) is 0 Å². The van der Waals surface area contributed by atoms with Crippen LogP contribution in [0.4, 0.5) is 0 Å². The van der Waals surface area contributed by atoms with E-state index < -0.39 is 0 Å². The van der Waals surface area contributed by atoms with Crippen molar-refractivity contribution in [2.24, 2.45) is 0 Å². The van der Waals surface area contributed by atoms with E-state index in [9.17, 15) is 9.59 Å². The Labute approximate surface area is 115 Å². The van der Waals surface area contributed by atoms with Crippen LogP contribution in [0.2, 0.25) is 5.02 Å². The van der Waals surface area contributed by atoms with Crippen LogP contribution >= 0.6 is 11.6 Å². The van der Waals surface area contributed by atoms with Gasteiger partial charge in [-0.15, -0.1) is 0 Å². The second kappa shape index (κ2) is 4.67. The molecule has 1 aliphatic rings. The zero-order valence-electron chi connectivity index (χ0n) is 10.2. The Morgan fingerprint density at radius 2 is 1.84 bits per heavy atom. The number of aromatic nitrogens is 1. The maximum atomic E-state index is 12.4. The first-order valence-electron chi connectivity index (χ1n) is 6.20. The molecule has 3 rings (SSSR count). The Bertz CT molecular complexity index is 655.